The minimum Gasteiger partial charge on any atom is -0.455 e. The van der Waals surface area contributed by atoms with E-state index in [4.69, 9.17) is 4.74 Å². The molecule has 0 fully saturated rings. The maximum Gasteiger partial charge on any atom is 1.00 e. The van der Waals surface area contributed by atoms with Crippen molar-refractivity contribution >= 4 is 17.4 Å². The molecule has 0 radical (unpaired) electrons. The molecule has 3 heterocycles. The molecule has 10 heteroatoms. The predicted octanol–water partition coefficient (Wildman–Crippen LogP) is -1.14. The molecule has 0 atom stereocenters. The van der Waals surface area contributed by atoms with E-state index in [1.807, 2.05) is 18.2 Å². The fourth-order valence-corrected chi connectivity index (χ4v) is 2.46. The molecule has 0 saturated heterocycles. The number of H-pyrrole nitrogens is 1. The van der Waals surface area contributed by atoms with Gasteiger partial charge in [0.15, 0.2) is 5.75 Å². The molecule has 128 valence electrons. The van der Waals surface area contributed by atoms with Crippen molar-refractivity contribution in [3.63, 3.8) is 0 Å². The average molecular weight is 371 g/mol. The quantitative estimate of drug-likeness (QED) is 0.439. The Kier molecular flexibility index (Phi) is 5.65. The number of ether oxygens (including phenoxy) is 1. The van der Waals surface area contributed by atoms with Gasteiger partial charge in [0.1, 0.15) is 11.3 Å². The summed E-state index contributed by atoms with van der Waals surface area (Å²) >= 11 is 0. The molecule has 0 saturated carbocycles. The Morgan fingerprint density at radius 3 is 2.63 bits per heavy atom. The summed E-state index contributed by atoms with van der Waals surface area (Å²) in [5.74, 6) is 0.266. The third kappa shape index (κ3) is 3.90. The van der Waals surface area contributed by atoms with E-state index >= 15 is 0 Å². The van der Waals surface area contributed by atoms with Crippen LogP contribution in [0.25, 0.3) is 5.52 Å². The van der Waals surface area contributed by atoms with Crippen LogP contribution in [-0.4, -0.2) is 30.9 Å². The van der Waals surface area contributed by atoms with Crippen molar-refractivity contribution in [1.82, 2.24) is 25.0 Å². The molecular formula is C17H12N6NaO3+. The van der Waals surface area contributed by atoms with E-state index < -0.39 is 11.5 Å². The van der Waals surface area contributed by atoms with Crippen molar-refractivity contribution in [2.24, 2.45) is 0 Å². The van der Waals surface area contributed by atoms with Crippen LogP contribution in [0.3, 0.4) is 0 Å². The first-order valence-electron chi connectivity index (χ1n) is 7.64. The van der Waals surface area contributed by atoms with Crippen LogP contribution in [0.2, 0.25) is 0 Å². The number of nitrogens with zero attached hydrogens (tertiary/aromatic N) is 4. The summed E-state index contributed by atoms with van der Waals surface area (Å²) in [4.78, 5) is 25.2. The smallest absolute Gasteiger partial charge is 0.455 e. The molecule has 27 heavy (non-hydrogen) atoms. The Labute approximate surface area is 174 Å². The minimum atomic E-state index is -0.660. The molecule has 0 unspecified atom stereocenters. The summed E-state index contributed by atoms with van der Waals surface area (Å²) in [6.07, 6.45) is 1.57. The Balaban J connectivity index is 0.00000210. The second-order valence-corrected chi connectivity index (χ2v) is 5.29. The first-order chi connectivity index (χ1) is 12.7. The number of tetrazole rings is 1. The van der Waals surface area contributed by atoms with Crippen LogP contribution < -0.4 is 45.2 Å². The van der Waals surface area contributed by atoms with E-state index in [0.29, 0.717) is 17.0 Å². The van der Waals surface area contributed by atoms with Gasteiger partial charge in [0.25, 0.3) is 17.4 Å². The molecular weight excluding hydrogens is 359 g/mol. The van der Waals surface area contributed by atoms with Gasteiger partial charge < -0.3 is 4.74 Å². The first kappa shape index (κ1) is 18.8. The Hall–Kier alpha value is -3.01. The number of nitrogens with one attached hydrogen (secondary N) is 2. The number of fused-ring (bicyclic) bond motifs is 1. The zero-order valence-electron chi connectivity index (χ0n) is 14.3. The molecule has 0 aliphatic carbocycles. The Morgan fingerprint density at radius 2 is 1.89 bits per heavy atom. The van der Waals surface area contributed by atoms with Crippen LogP contribution in [0.1, 0.15) is 10.4 Å². The number of aromatic amines is 1. The molecule has 9 nitrogen and oxygen atoms in total. The standard InChI is InChI=1S/C17H12N6O3.Na/c24-15(18-17-19-21-22-20-17)12-10-14(26-11-6-2-1-3-7-11)13-8-4-5-9-23(13)16(12)25;/h1-10H,(H2,18,19,20,21,22,24);/q;+1. The van der Waals surface area contributed by atoms with Gasteiger partial charge in [-0.3, -0.25) is 19.3 Å². The Morgan fingerprint density at radius 1 is 1.11 bits per heavy atom. The minimum absolute atomic E-state index is 0. The van der Waals surface area contributed by atoms with Crippen LogP contribution in [0, 0.1) is 0 Å². The summed E-state index contributed by atoms with van der Waals surface area (Å²) < 4.78 is 7.23. The number of hydrogen-bond acceptors (Lipinski definition) is 6. The van der Waals surface area contributed by atoms with E-state index in [-0.39, 0.29) is 41.1 Å². The molecule has 2 N–H and O–H groups in total. The number of rotatable bonds is 4. The molecule has 1 amide bonds. The van der Waals surface area contributed by atoms with Gasteiger partial charge in [0, 0.05) is 12.3 Å². The second-order valence-electron chi connectivity index (χ2n) is 5.29. The Bertz CT molecular complexity index is 1130. The van der Waals surface area contributed by atoms with E-state index in [1.165, 1.54) is 10.5 Å². The second kappa shape index (κ2) is 8.12. The topological polar surface area (TPSA) is 114 Å². The number of pyridine rings is 2. The van der Waals surface area contributed by atoms with E-state index in [2.05, 4.69) is 25.9 Å². The van der Waals surface area contributed by atoms with Crippen molar-refractivity contribution < 1.29 is 39.1 Å². The zero-order valence-corrected chi connectivity index (χ0v) is 16.3. The molecule has 4 aromatic rings. The van der Waals surface area contributed by atoms with Gasteiger partial charge in [0.05, 0.1) is 5.52 Å². The van der Waals surface area contributed by atoms with Crippen molar-refractivity contribution in [2.75, 3.05) is 5.32 Å². The summed E-state index contributed by atoms with van der Waals surface area (Å²) in [6.45, 7) is 0. The fraction of sp³-hybridized carbons (Fsp3) is 0. The van der Waals surface area contributed by atoms with Crippen LogP contribution >= 0.6 is 0 Å². The number of benzene rings is 1. The number of carbonyl (C=O) groups excluding carboxylic acids is 1. The van der Waals surface area contributed by atoms with Crippen LogP contribution in [0.5, 0.6) is 11.5 Å². The number of amides is 1. The first-order valence-corrected chi connectivity index (χ1v) is 7.64. The van der Waals surface area contributed by atoms with Crippen molar-refractivity contribution in [3.8, 4) is 11.5 Å². The molecule has 0 aliphatic heterocycles. The van der Waals surface area contributed by atoms with Gasteiger partial charge >= 0.3 is 29.6 Å². The van der Waals surface area contributed by atoms with E-state index in [1.54, 1.807) is 36.5 Å². The summed E-state index contributed by atoms with van der Waals surface area (Å²) in [7, 11) is 0. The van der Waals surface area contributed by atoms with Gasteiger partial charge in [-0.1, -0.05) is 29.4 Å². The van der Waals surface area contributed by atoms with Crippen molar-refractivity contribution in [2.45, 2.75) is 0 Å². The van der Waals surface area contributed by atoms with Gasteiger partial charge in [-0.25, -0.2) is 0 Å². The third-order valence-electron chi connectivity index (χ3n) is 3.62. The summed E-state index contributed by atoms with van der Waals surface area (Å²) in [6, 6.07) is 15.7. The van der Waals surface area contributed by atoms with Crippen LogP contribution in [0.4, 0.5) is 5.95 Å². The molecule has 3 aromatic heterocycles. The van der Waals surface area contributed by atoms with Gasteiger partial charge in [-0.2, -0.15) is 5.21 Å². The monoisotopic (exact) mass is 371 g/mol. The molecule has 0 spiro atoms. The number of hydrogen-bond donors (Lipinski definition) is 2. The molecule has 1 aromatic carbocycles. The zero-order chi connectivity index (χ0) is 17.9. The fourth-order valence-electron chi connectivity index (χ4n) is 2.46. The molecule has 0 bridgehead atoms. The van der Waals surface area contributed by atoms with Crippen LogP contribution in [0.15, 0.2) is 65.6 Å². The maximum absolute atomic E-state index is 12.7. The largest absolute Gasteiger partial charge is 1.00 e. The average Bonchev–Trinajstić information content (AvgIpc) is 3.18. The number of carbonyl (C=O) groups is 1. The van der Waals surface area contributed by atoms with Crippen molar-refractivity contribution in [3.05, 3.63) is 76.7 Å². The van der Waals surface area contributed by atoms with Gasteiger partial charge in [-0.05, 0) is 29.5 Å². The normalized spacial score (nSPS) is 10.2. The maximum atomic E-state index is 12.7. The predicted molar refractivity (Wildman–Crippen MR) is 92.3 cm³/mol. The van der Waals surface area contributed by atoms with Crippen molar-refractivity contribution in [1.29, 1.82) is 0 Å². The van der Waals surface area contributed by atoms with Gasteiger partial charge in [0.2, 0.25) is 0 Å². The van der Waals surface area contributed by atoms with E-state index in [0.717, 1.165) is 0 Å². The number of aromatic nitrogens is 5. The van der Waals surface area contributed by atoms with Crippen LogP contribution in [-0.2, 0) is 0 Å². The third-order valence-corrected chi connectivity index (χ3v) is 3.62. The molecule has 4 rings (SSSR count). The summed E-state index contributed by atoms with van der Waals surface area (Å²) in [5, 5.41) is 15.3. The van der Waals surface area contributed by atoms with E-state index in [9.17, 15) is 9.59 Å². The SMILES string of the molecule is O=C(Nc1nn[nH]n1)c1cc(Oc2ccccc2)c2ccccn2c1=O.[Na+]. The number of para-hydroxylation sites is 1. The number of anilines is 1. The molecule has 0 aliphatic rings. The van der Waals surface area contributed by atoms with Gasteiger partial charge in [-0.15, -0.1) is 5.10 Å². The summed E-state index contributed by atoms with van der Waals surface area (Å²) in [5.41, 5.74) is -0.0519.